The second-order valence-corrected chi connectivity index (χ2v) is 13.7. The van der Waals surface area contributed by atoms with E-state index in [0.717, 1.165) is 62.0 Å². The van der Waals surface area contributed by atoms with Gasteiger partial charge in [0, 0.05) is 37.6 Å². The Morgan fingerprint density at radius 3 is 1.61 bits per heavy atom. The molecule has 2 aliphatic heterocycles. The molecule has 2 aromatic carbocycles. The second-order valence-electron chi connectivity index (χ2n) is 13.7. The van der Waals surface area contributed by atoms with E-state index in [1.807, 2.05) is 74.2 Å². The first-order chi connectivity index (χ1) is 23.6. The van der Waals surface area contributed by atoms with E-state index in [0.29, 0.717) is 19.6 Å². The van der Waals surface area contributed by atoms with Gasteiger partial charge in [0.25, 0.3) is 0 Å². The molecule has 0 unspecified atom stereocenters. The van der Waals surface area contributed by atoms with Gasteiger partial charge in [0.1, 0.15) is 23.6 Å². The van der Waals surface area contributed by atoms with Crippen LogP contribution in [0.15, 0.2) is 48.5 Å². The van der Waals surface area contributed by atoms with Crippen molar-refractivity contribution in [2.45, 2.75) is 104 Å². The number of hydrogen-bond donors (Lipinski definition) is 1. The van der Waals surface area contributed by atoms with Crippen molar-refractivity contribution < 1.29 is 28.6 Å². The lowest BCUT2D eigenvalue weighted by atomic mass is 10.2. The monoisotopic (exact) mass is 680 g/mol. The zero-order valence-corrected chi connectivity index (χ0v) is 30.6. The van der Waals surface area contributed by atoms with Gasteiger partial charge in [-0.1, -0.05) is 65.2 Å². The first kappa shape index (κ1) is 39.6. The van der Waals surface area contributed by atoms with Crippen molar-refractivity contribution in [1.29, 1.82) is 0 Å². The number of hydrogen-bond acceptors (Lipinski definition) is 7. The van der Waals surface area contributed by atoms with Gasteiger partial charge < -0.3 is 29.3 Å². The highest BCUT2D eigenvalue weighted by Crippen LogP contribution is 2.23. The van der Waals surface area contributed by atoms with Crippen LogP contribution in [0.1, 0.15) is 98.8 Å². The maximum Gasteiger partial charge on any atom is 0.410 e. The van der Waals surface area contributed by atoms with E-state index >= 15 is 0 Å². The van der Waals surface area contributed by atoms with Gasteiger partial charge in [-0.25, -0.2) is 4.79 Å². The van der Waals surface area contributed by atoms with Crippen LogP contribution in [0.2, 0.25) is 0 Å². The van der Waals surface area contributed by atoms with E-state index in [-0.39, 0.29) is 18.4 Å². The summed E-state index contributed by atoms with van der Waals surface area (Å²) in [6.07, 6.45) is 11.8. The average molecular weight is 681 g/mol. The molecule has 3 amide bonds. The molecule has 2 saturated heterocycles. The Bertz CT molecular complexity index is 1260. The number of unbranched alkanes of at least 4 members (excludes halogenated alkanes) is 8. The number of benzene rings is 2. The van der Waals surface area contributed by atoms with Crippen LogP contribution in [-0.4, -0.2) is 80.9 Å². The molecule has 49 heavy (non-hydrogen) atoms. The topological polar surface area (TPSA) is 101 Å². The molecule has 0 spiro atoms. The van der Waals surface area contributed by atoms with Crippen LogP contribution in [0.3, 0.4) is 0 Å². The van der Waals surface area contributed by atoms with Gasteiger partial charge in [0.15, 0.2) is 0 Å². The minimum absolute atomic E-state index is 0.0327. The highest BCUT2D eigenvalue weighted by atomic mass is 16.6. The van der Waals surface area contributed by atoms with Gasteiger partial charge in [-0.05, 0) is 82.1 Å². The highest BCUT2D eigenvalue weighted by molar-refractivity contribution is 5.97. The largest absolute Gasteiger partial charge is 0.494 e. The van der Waals surface area contributed by atoms with Gasteiger partial charge in [0.05, 0.1) is 19.8 Å². The Morgan fingerprint density at radius 2 is 1.16 bits per heavy atom. The number of anilines is 2. The third-order valence-corrected chi connectivity index (χ3v) is 8.29. The first-order valence-corrected chi connectivity index (χ1v) is 18.4. The first-order valence-electron chi connectivity index (χ1n) is 18.4. The number of ether oxygens (including phenoxy) is 3. The lowest BCUT2D eigenvalue weighted by Gasteiger charge is -2.35. The second kappa shape index (κ2) is 21.3. The van der Waals surface area contributed by atoms with E-state index in [1.165, 1.54) is 56.3 Å². The molecule has 2 aliphatic rings. The number of nitrogens with zero attached hydrogens (tertiary/aromatic N) is 3. The molecule has 2 aromatic rings. The average Bonchev–Trinajstić information content (AvgIpc) is 3.08. The van der Waals surface area contributed by atoms with E-state index in [2.05, 4.69) is 19.2 Å². The van der Waals surface area contributed by atoms with Gasteiger partial charge in [0.2, 0.25) is 11.8 Å². The number of carbonyl (C=O) groups excluding carboxylic acids is 3. The van der Waals surface area contributed by atoms with E-state index < -0.39 is 11.7 Å². The molecule has 10 nitrogen and oxygen atoms in total. The summed E-state index contributed by atoms with van der Waals surface area (Å²) in [4.78, 5) is 41.4. The lowest BCUT2D eigenvalue weighted by Crippen LogP contribution is -2.53. The third kappa shape index (κ3) is 14.7. The van der Waals surface area contributed by atoms with Crippen LogP contribution < -0.4 is 24.6 Å². The smallest absolute Gasteiger partial charge is 0.410 e. The fourth-order valence-electron chi connectivity index (χ4n) is 5.54. The predicted octanol–water partition coefficient (Wildman–Crippen LogP) is 7.59. The minimum atomic E-state index is -0.566. The van der Waals surface area contributed by atoms with E-state index in [9.17, 15) is 14.4 Å². The summed E-state index contributed by atoms with van der Waals surface area (Å²) >= 11 is 0. The summed E-state index contributed by atoms with van der Waals surface area (Å²) in [7, 11) is 0. The van der Waals surface area contributed by atoms with Crippen LogP contribution in [-0.2, 0) is 14.3 Å². The molecule has 0 bridgehead atoms. The summed E-state index contributed by atoms with van der Waals surface area (Å²) < 4.78 is 16.9. The summed E-state index contributed by atoms with van der Waals surface area (Å²) in [6.45, 7) is 14.3. The van der Waals surface area contributed by atoms with E-state index in [4.69, 9.17) is 14.2 Å². The van der Waals surface area contributed by atoms with Gasteiger partial charge in [-0.3, -0.25) is 14.5 Å². The Labute approximate surface area is 294 Å². The molecule has 1 N–H and O–H groups in total. The van der Waals surface area contributed by atoms with Crippen LogP contribution >= 0.6 is 0 Å². The van der Waals surface area contributed by atoms with Crippen molar-refractivity contribution in [2.75, 3.05) is 62.3 Å². The molecular formula is C39H60N4O6. The molecule has 4 rings (SSSR count). The van der Waals surface area contributed by atoms with Crippen molar-refractivity contribution in [3.05, 3.63) is 48.5 Å². The van der Waals surface area contributed by atoms with E-state index in [1.54, 1.807) is 4.90 Å². The SMILES string of the molecule is CCCCCCCOc1ccc(N2CCN(C(=O)OC(C)(C)C)CC2=O)cc1.CCCCCCCOc1ccc(N2CCNCC2=O)cc1. The molecule has 2 fully saturated rings. The minimum Gasteiger partial charge on any atom is -0.494 e. The van der Waals surface area contributed by atoms with Crippen molar-refractivity contribution in [3.63, 3.8) is 0 Å². The van der Waals surface area contributed by atoms with Crippen LogP contribution in [0.25, 0.3) is 0 Å². The Morgan fingerprint density at radius 1 is 0.673 bits per heavy atom. The number of piperazine rings is 2. The highest BCUT2D eigenvalue weighted by Gasteiger charge is 2.31. The normalized spacial score (nSPS) is 15.1. The predicted molar refractivity (Wildman–Crippen MR) is 197 cm³/mol. The fourth-order valence-corrected chi connectivity index (χ4v) is 5.54. The summed E-state index contributed by atoms with van der Waals surface area (Å²) in [5.41, 5.74) is 1.21. The Hall–Kier alpha value is -3.79. The fraction of sp³-hybridized carbons (Fsp3) is 0.615. The molecule has 10 heteroatoms. The van der Waals surface area contributed by atoms with Crippen LogP contribution in [0.4, 0.5) is 16.2 Å². The Kier molecular flexibility index (Phi) is 17.3. The molecule has 0 aromatic heterocycles. The standard InChI is InChI=1S/C22H34N2O4.C17H26N2O2/c1-5-6-7-8-9-16-27-19-12-10-18(11-13-19)24-15-14-23(17-20(24)25)21(26)28-22(2,3)4;1-2-3-4-5-6-13-21-16-9-7-15(8-10-16)19-12-11-18-14-17(19)20/h10-13H,5-9,14-17H2,1-4H3;7-10,18H,2-6,11-14H2,1H3. The number of nitrogens with one attached hydrogen (secondary N) is 1. The quantitative estimate of drug-likeness (QED) is 0.182. The maximum absolute atomic E-state index is 12.5. The van der Waals surface area contributed by atoms with Gasteiger partial charge >= 0.3 is 6.09 Å². The van der Waals surface area contributed by atoms with Crippen molar-refractivity contribution in [1.82, 2.24) is 10.2 Å². The van der Waals surface area contributed by atoms with Gasteiger partial charge in [-0.2, -0.15) is 0 Å². The number of rotatable bonds is 16. The zero-order valence-electron chi connectivity index (χ0n) is 30.6. The Balaban J connectivity index is 0.000000276. The maximum atomic E-state index is 12.5. The third-order valence-electron chi connectivity index (χ3n) is 8.29. The molecule has 0 saturated carbocycles. The summed E-state index contributed by atoms with van der Waals surface area (Å²) in [5, 5.41) is 3.08. The summed E-state index contributed by atoms with van der Waals surface area (Å²) in [5.74, 6) is 1.73. The summed E-state index contributed by atoms with van der Waals surface area (Å²) in [6, 6.07) is 15.4. The number of amides is 3. The molecule has 0 aliphatic carbocycles. The van der Waals surface area contributed by atoms with Crippen molar-refractivity contribution in [3.8, 4) is 11.5 Å². The molecule has 0 atom stereocenters. The molecule has 0 radical (unpaired) electrons. The zero-order chi connectivity index (χ0) is 35.5. The molecule has 272 valence electrons. The molecule has 2 heterocycles. The van der Waals surface area contributed by atoms with Crippen LogP contribution in [0.5, 0.6) is 11.5 Å². The van der Waals surface area contributed by atoms with Crippen molar-refractivity contribution in [2.24, 2.45) is 0 Å². The number of carbonyl (C=O) groups is 3. The van der Waals surface area contributed by atoms with Crippen LogP contribution in [0, 0.1) is 0 Å². The van der Waals surface area contributed by atoms with Crippen molar-refractivity contribution >= 4 is 29.3 Å². The molecular weight excluding hydrogens is 620 g/mol. The lowest BCUT2D eigenvalue weighted by molar-refractivity contribution is -0.121. The van der Waals surface area contributed by atoms with Gasteiger partial charge in [-0.15, -0.1) is 0 Å².